The Morgan fingerprint density at radius 2 is 2.07 bits per heavy atom. The van der Waals surface area contributed by atoms with Gasteiger partial charge in [0.1, 0.15) is 5.71 Å². The summed E-state index contributed by atoms with van der Waals surface area (Å²) in [5.74, 6) is 0.137. The molecule has 0 radical (unpaired) electrons. The van der Waals surface area contributed by atoms with Crippen LogP contribution in [0.4, 0.5) is 0 Å². The number of rotatable bonds is 6. The van der Waals surface area contributed by atoms with Crippen molar-refractivity contribution in [2.75, 3.05) is 20.1 Å². The van der Waals surface area contributed by atoms with E-state index < -0.39 is 0 Å². The van der Waals surface area contributed by atoms with Crippen molar-refractivity contribution >= 4 is 29.9 Å². The number of nitrogens with one attached hydrogen (secondary N) is 2. The Morgan fingerprint density at radius 1 is 1.30 bits per heavy atom. The molecular formula is C20H29ClN4O2. The Labute approximate surface area is 167 Å². The van der Waals surface area contributed by atoms with E-state index >= 15 is 0 Å². The number of hydrazone groups is 1. The maximum atomic E-state index is 12.5. The molecule has 2 heterocycles. The van der Waals surface area contributed by atoms with Crippen molar-refractivity contribution in [3.05, 3.63) is 35.9 Å². The van der Waals surface area contributed by atoms with Crippen LogP contribution in [-0.2, 0) is 16.0 Å². The van der Waals surface area contributed by atoms with Gasteiger partial charge < -0.3 is 10.6 Å². The van der Waals surface area contributed by atoms with E-state index in [0.29, 0.717) is 37.1 Å². The van der Waals surface area contributed by atoms with Gasteiger partial charge in [-0.2, -0.15) is 5.10 Å². The minimum Gasteiger partial charge on any atom is -0.351 e. The van der Waals surface area contributed by atoms with Crippen molar-refractivity contribution in [2.45, 2.75) is 44.6 Å². The van der Waals surface area contributed by atoms with Gasteiger partial charge in [0.15, 0.2) is 0 Å². The average Bonchev–Trinajstić information content (AvgIpc) is 2.68. The fourth-order valence-electron chi connectivity index (χ4n) is 3.71. The Kier molecular flexibility index (Phi) is 8.25. The molecular weight excluding hydrogens is 364 g/mol. The first-order chi connectivity index (χ1) is 12.6. The van der Waals surface area contributed by atoms with E-state index in [0.717, 1.165) is 19.4 Å². The molecule has 2 N–H and O–H groups in total. The third-order valence-corrected chi connectivity index (χ3v) is 5.25. The minimum atomic E-state index is -0.154. The summed E-state index contributed by atoms with van der Waals surface area (Å²) in [6, 6.07) is 10.8. The molecule has 1 aromatic carbocycles. The van der Waals surface area contributed by atoms with Gasteiger partial charge in [-0.3, -0.25) is 9.59 Å². The topological polar surface area (TPSA) is 73.8 Å². The van der Waals surface area contributed by atoms with Crippen LogP contribution in [0.2, 0.25) is 0 Å². The van der Waals surface area contributed by atoms with Crippen LogP contribution in [0.3, 0.4) is 0 Å². The van der Waals surface area contributed by atoms with Crippen molar-refractivity contribution < 1.29 is 9.59 Å². The smallest absolute Gasteiger partial charge is 0.267 e. The number of carbonyl (C=O) groups excluding carboxylic acids is 2. The van der Waals surface area contributed by atoms with E-state index in [1.807, 2.05) is 6.07 Å². The summed E-state index contributed by atoms with van der Waals surface area (Å²) in [5.41, 5.74) is 1.74. The highest BCUT2D eigenvalue weighted by Gasteiger charge is 2.26. The Morgan fingerprint density at radius 3 is 2.74 bits per heavy atom. The molecule has 2 aliphatic heterocycles. The van der Waals surface area contributed by atoms with Crippen LogP contribution < -0.4 is 10.6 Å². The number of benzene rings is 1. The van der Waals surface area contributed by atoms with Crippen LogP contribution in [-0.4, -0.2) is 48.7 Å². The van der Waals surface area contributed by atoms with Gasteiger partial charge in [0.2, 0.25) is 5.91 Å². The van der Waals surface area contributed by atoms with Gasteiger partial charge in [-0.05, 0) is 37.3 Å². The van der Waals surface area contributed by atoms with Gasteiger partial charge in [-0.1, -0.05) is 36.8 Å². The lowest BCUT2D eigenvalue weighted by Gasteiger charge is -2.32. The molecule has 27 heavy (non-hydrogen) atoms. The van der Waals surface area contributed by atoms with E-state index in [-0.39, 0.29) is 24.2 Å². The van der Waals surface area contributed by atoms with Crippen LogP contribution in [0.25, 0.3) is 0 Å². The van der Waals surface area contributed by atoms with Crippen molar-refractivity contribution in [3.63, 3.8) is 0 Å². The van der Waals surface area contributed by atoms with Crippen LogP contribution in [0.5, 0.6) is 0 Å². The van der Waals surface area contributed by atoms with Gasteiger partial charge in [-0.15, -0.1) is 12.4 Å². The highest BCUT2D eigenvalue weighted by atomic mass is 35.5. The molecule has 1 fully saturated rings. The quantitative estimate of drug-likeness (QED) is 0.778. The first-order valence-electron chi connectivity index (χ1n) is 9.53. The van der Waals surface area contributed by atoms with Crippen molar-refractivity contribution in [1.29, 1.82) is 0 Å². The first kappa shape index (κ1) is 21.4. The van der Waals surface area contributed by atoms with Gasteiger partial charge >= 0.3 is 0 Å². The predicted octanol–water partition coefficient (Wildman–Crippen LogP) is 2.13. The van der Waals surface area contributed by atoms with Gasteiger partial charge in [-0.25, -0.2) is 5.01 Å². The Hall–Kier alpha value is -1.92. The summed E-state index contributed by atoms with van der Waals surface area (Å²) in [4.78, 5) is 24.0. The summed E-state index contributed by atoms with van der Waals surface area (Å²) in [7, 11) is 1.60. The second-order valence-electron chi connectivity index (χ2n) is 7.18. The van der Waals surface area contributed by atoms with E-state index in [1.54, 1.807) is 7.05 Å². The molecule has 3 rings (SSSR count). The van der Waals surface area contributed by atoms with Crippen molar-refractivity contribution in [1.82, 2.24) is 15.6 Å². The molecule has 1 saturated heterocycles. The van der Waals surface area contributed by atoms with Crippen molar-refractivity contribution in [2.24, 2.45) is 11.0 Å². The van der Waals surface area contributed by atoms with E-state index in [1.165, 1.54) is 23.4 Å². The molecule has 7 heteroatoms. The summed E-state index contributed by atoms with van der Waals surface area (Å²) in [5, 5.41) is 12.1. The fraction of sp³-hybridized carbons (Fsp3) is 0.550. The summed E-state index contributed by atoms with van der Waals surface area (Å²) < 4.78 is 0. The second kappa shape index (κ2) is 10.4. The van der Waals surface area contributed by atoms with Crippen molar-refractivity contribution in [3.8, 4) is 0 Å². The van der Waals surface area contributed by atoms with Gasteiger partial charge in [0.25, 0.3) is 5.91 Å². The number of hydrogen-bond donors (Lipinski definition) is 2. The van der Waals surface area contributed by atoms with Gasteiger partial charge in [0, 0.05) is 32.5 Å². The third-order valence-electron chi connectivity index (χ3n) is 5.25. The monoisotopic (exact) mass is 392 g/mol. The molecule has 0 aliphatic carbocycles. The number of hydrogen-bond acceptors (Lipinski definition) is 4. The lowest BCUT2D eigenvalue weighted by atomic mass is 9.87. The van der Waals surface area contributed by atoms with Crippen LogP contribution in [0, 0.1) is 5.92 Å². The number of nitrogens with zero attached hydrogens (tertiary/aromatic N) is 2. The zero-order valence-corrected chi connectivity index (χ0v) is 16.6. The van der Waals surface area contributed by atoms with E-state index in [9.17, 15) is 9.59 Å². The molecule has 1 aromatic rings. The second-order valence-corrected chi connectivity index (χ2v) is 7.18. The summed E-state index contributed by atoms with van der Waals surface area (Å²) in [6.07, 6.45) is 5.30. The molecule has 0 aromatic heterocycles. The fourth-order valence-corrected chi connectivity index (χ4v) is 3.71. The van der Waals surface area contributed by atoms with E-state index in [4.69, 9.17) is 0 Å². The predicted molar refractivity (Wildman–Crippen MR) is 109 cm³/mol. The van der Waals surface area contributed by atoms with Crippen LogP contribution in [0.1, 0.15) is 37.7 Å². The zero-order valence-electron chi connectivity index (χ0n) is 15.8. The molecule has 6 nitrogen and oxygen atoms in total. The third kappa shape index (κ3) is 6.04. The molecule has 0 bridgehead atoms. The maximum absolute atomic E-state index is 12.5. The minimum absolute atomic E-state index is 0. The number of carbonyl (C=O) groups is 2. The molecule has 2 aliphatic rings. The maximum Gasteiger partial charge on any atom is 0.267 e. The SMILES string of the molecule is CN1N=C(C(=O)NCC(Cc2ccccc2)C2CCCCN2)CCC1=O.Cl. The lowest BCUT2D eigenvalue weighted by molar-refractivity contribution is -0.130. The average molecular weight is 393 g/mol. The highest BCUT2D eigenvalue weighted by molar-refractivity contribution is 6.39. The molecule has 2 unspecified atom stereocenters. The lowest BCUT2D eigenvalue weighted by Crippen LogP contribution is -2.47. The van der Waals surface area contributed by atoms with Crippen LogP contribution in [0.15, 0.2) is 35.4 Å². The number of halogens is 1. The number of amides is 2. The Balaban J connectivity index is 0.00000261. The molecule has 2 amide bonds. The summed E-state index contributed by atoms with van der Waals surface area (Å²) in [6.45, 7) is 1.66. The standard InChI is InChI=1S/C20H28N4O2.ClH/c1-24-19(25)11-10-18(23-24)20(26)22-14-16(17-9-5-6-12-21-17)13-15-7-3-2-4-8-15;/h2-4,7-8,16-17,21H,5-6,9-14H2,1H3,(H,22,26);1H. The summed E-state index contributed by atoms with van der Waals surface area (Å²) >= 11 is 0. The normalized spacial score (nSPS) is 21.1. The Bertz CT molecular complexity index is 659. The van der Waals surface area contributed by atoms with Crippen LogP contribution >= 0.6 is 12.4 Å². The van der Waals surface area contributed by atoms with Gasteiger partial charge in [0.05, 0.1) is 0 Å². The zero-order chi connectivity index (χ0) is 18.4. The molecule has 2 atom stereocenters. The molecule has 0 saturated carbocycles. The number of piperidine rings is 1. The van der Waals surface area contributed by atoms with E-state index in [2.05, 4.69) is 40.0 Å². The molecule has 0 spiro atoms. The molecule has 148 valence electrons. The highest BCUT2D eigenvalue weighted by Crippen LogP contribution is 2.19. The largest absolute Gasteiger partial charge is 0.351 e. The first-order valence-corrected chi connectivity index (χ1v) is 9.53.